The van der Waals surface area contributed by atoms with E-state index in [0.717, 1.165) is 11.1 Å². The van der Waals surface area contributed by atoms with Crippen LogP contribution in [-0.4, -0.2) is 33.3 Å². The van der Waals surface area contributed by atoms with E-state index in [1.165, 1.54) is 0 Å². The van der Waals surface area contributed by atoms with Crippen LogP contribution in [0.1, 0.15) is 35.1 Å². The highest BCUT2D eigenvalue weighted by molar-refractivity contribution is 7.89. The number of amides is 2. The molecule has 2 amide bonds. The standard InChI is InChI=1S/C22H29N3O4S/c1-16-13-17(2)22(18(3)14-16)30(28,29)25-12-10-20(26)23-11-9-21(27)24-15-19-7-5-4-6-8-19/h4-8,13-14,25H,9-12,15H2,1-3H3,(H,23,26)(H,24,27). The molecule has 30 heavy (non-hydrogen) atoms. The molecule has 0 heterocycles. The highest BCUT2D eigenvalue weighted by atomic mass is 32.2. The summed E-state index contributed by atoms with van der Waals surface area (Å²) < 4.78 is 27.6. The van der Waals surface area contributed by atoms with E-state index < -0.39 is 10.0 Å². The largest absolute Gasteiger partial charge is 0.356 e. The van der Waals surface area contributed by atoms with Gasteiger partial charge in [0.1, 0.15) is 0 Å². The first kappa shape index (κ1) is 23.6. The second-order valence-corrected chi connectivity index (χ2v) is 8.94. The van der Waals surface area contributed by atoms with Crippen LogP contribution in [0.5, 0.6) is 0 Å². The van der Waals surface area contributed by atoms with Gasteiger partial charge in [0.15, 0.2) is 0 Å². The van der Waals surface area contributed by atoms with Crippen molar-refractivity contribution >= 4 is 21.8 Å². The maximum atomic E-state index is 12.6. The van der Waals surface area contributed by atoms with Crippen molar-refractivity contribution in [2.75, 3.05) is 13.1 Å². The van der Waals surface area contributed by atoms with E-state index in [-0.39, 0.29) is 42.6 Å². The van der Waals surface area contributed by atoms with Gasteiger partial charge in [-0.15, -0.1) is 0 Å². The van der Waals surface area contributed by atoms with E-state index in [1.807, 2.05) is 49.4 Å². The van der Waals surface area contributed by atoms with Gasteiger partial charge in [0.05, 0.1) is 4.90 Å². The smallest absolute Gasteiger partial charge is 0.241 e. The zero-order valence-corrected chi connectivity index (χ0v) is 18.4. The minimum Gasteiger partial charge on any atom is -0.356 e. The third-order valence-electron chi connectivity index (χ3n) is 4.52. The number of carbonyl (C=O) groups excluding carboxylic acids is 2. The lowest BCUT2D eigenvalue weighted by molar-refractivity contribution is -0.122. The van der Waals surface area contributed by atoms with Gasteiger partial charge in [-0.2, -0.15) is 0 Å². The third-order valence-corrected chi connectivity index (χ3v) is 6.29. The van der Waals surface area contributed by atoms with Gasteiger partial charge >= 0.3 is 0 Å². The Morgan fingerprint density at radius 1 is 0.833 bits per heavy atom. The molecule has 0 saturated carbocycles. The first-order chi connectivity index (χ1) is 14.2. The second kappa shape index (κ2) is 10.9. The van der Waals surface area contributed by atoms with Gasteiger partial charge < -0.3 is 10.6 Å². The van der Waals surface area contributed by atoms with Crippen LogP contribution >= 0.6 is 0 Å². The topological polar surface area (TPSA) is 104 Å². The lowest BCUT2D eigenvalue weighted by Crippen LogP contribution is -2.33. The Morgan fingerprint density at radius 2 is 1.40 bits per heavy atom. The van der Waals surface area contributed by atoms with Crippen LogP contribution < -0.4 is 15.4 Å². The Morgan fingerprint density at radius 3 is 2.03 bits per heavy atom. The summed E-state index contributed by atoms with van der Waals surface area (Å²) in [5.74, 6) is -0.476. The van der Waals surface area contributed by atoms with Crippen LogP contribution in [0.15, 0.2) is 47.4 Å². The summed E-state index contributed by atoms with van der Waals surface area (Å²) >= 11 is 0. The molecule has 0 saturated heterocycles. The predicted octanol–water partition coefficient (Wildman–Crippen LogP) is 2.10. The number of aryl methyl sites for hydroxylation is 3. The number of hydrogen-bond donors (Lipinski definition) is 3. The molecule has 0 aliphatic heterocycles. The molecule has 162 valence electrons. The fourth-order valence-electron chi connectivity index (χ4n) is 3.25. The van der Waals surface area contributed by atoms with Crippen molar-refractivity contribution in [2.24, 2.45) is 0 Å². The van der Waals surface area contributed by atoms with Crippen molar-refractivity contribution in [2.45, 2.75) is 45.1 Å². The van der Waals surface area contributed by atoms with Crippen molar-refractivity contribution in [3.8, 4) is 0 Å². The van der Waals surface area contributed by atoms with Gasteiger partial charge in [0.2, 0.25) is 21.8 Å². The van der Waals surface area contributed by atoms with Crippen molar-refractivity contribution in [3.63, 3.8) is 0 Å². The number of sulfonamides is 1. The van der Waals surface area contributed by atoms with E-state index in [1.54, 1.807) is 13.8 Å². The first-order valence-corrected chi connectivity index (χ1v) is 11.3. The molecule has 0 spiro atoms. The summed E-state index contributed by atoms with van der Waals surface area (Å²) in [5, 5.41) is 5.42. The maximum absolute atomic E-state index is 12.6. The SMILES string of the molecule is Cc1cc(C)c(S(=O)(=O)NCCC(=O)NCCC(=O)NCc2ccccc2)c(C)c1. The van der Waals surface area contributed by atoms with Gasteiger partial charge in [0.25, 0.3) is 0 Å². The number of nitrogens with one attached hydrogen (secondary N) is 3. The number of hydrogen-bond acceptors (Lipinski definition) is 4. The van der Waals surface area contributed by atoms with Crippen LogP contribution in [0.2, 0.25) is 0 Å². The first-order valence-electron chi connectivity index (χ1n) is 9.84. The van der Waals surface area contributed by atoms with Crippen molar-refractivity contribution in [1.82, 2.24) is 15.4 Å². The van der Waals surface area contributed by atoms with Crippen LogP contribution in [0.25, 0.3) is 0 Å². The third kappa shape index (κ3) is 7.27. The van der Waals surface area contributed by atoms with E-state index in [2.05, 4.69) is 15.4 Å². The number of rotatable bonds is 10. The monoisotopic (exact) mass is 431 g/mol. The summed E-state index contributed by atoms with van der Waals surface area (Å²) in [7, 11) is -3.70. The molecule has 2 aromatic carbocycles. The predicted molar refractivity (Wildman–Crippen MR) is 116 cm³/mol. The fourth-order valence-corrected chi connectivity index (χ4v) is 4.73. The quantitative estimate of drug-likeness (QED) is 0.536. The number of carbonyl (C=O) groups is 2. The summed E-state index contributed by atoms with van der Waals surface area (Å²) in [6, 6.07) is 13.2. The zero-order valence-electron chi connectivity index (χ0n) is 17.6. The Labute approximate surface area is 178 Å². The lowest BCUT2D eigenvalue weighted by atomic mass is 10.1. The van der Waals surface area contributed by atoms with E-state index in [0.29, 0.717) is 17.7 Å². The van der Waals surface area contributed by atoms with E-state index >= 15 is 0 Å². The molecule has 8 heteroatoms. The molecule has 0 bridgehead atoms. The van der Waals surface area contributed by atoms with Crippen molar-refractivity contribution in [1.29, 1.82) is 0 Å². The highest BCUT2D eigenvalue weighted by Gasteiger charge is 2.19. The summed E-state index contributed by atoms with van der Waals surface area (Å²) in [5.41, 5.74) is 3.34. The average molecular weight is 432 g/mol. The van der Waals surface area contributed by atoms with Gasteiger partial charge in [-0.3, -0.25) is 9.59 Å². The zero-order chi connectivity index (χ0) is 22.1. The molecule has 0 radical (unpaired) electrons. The molecule has 3 N–H and O–H groups in total. The van der Waals surface area contributed by atoms with E-state index in [4.69, 9.17) is 0 Å². The Hall–Kier alpha value is -2.71. The maximum Gasteiger partial charge on any atom is 0.241 e. The molecule has 0 aliphatic rings. The minimum absolute atomic E-state index is 0.00514. The molecule has 0 fully saturated rings. The lowest BCUT2D eigenvalue weighted by Gasteiger charge is -2.13. The van der Waals surface area contributed by atoms with Gasteiger partial charge in [-0.05, 0) is 37.5 Å². The van der Waals surface area contributed by atoms with Crippen molar-refractivity contribution in [3.05, 3.63) is 64.7 Å². The Balaban J connectivity index is 1.70. The second-order valence-electron chi connectivity index (χ2n) is 7.24. The van der Waals surface area contributed by atoms with Crippen LogP contribution in [0, 0.1) is 20.8 Å². The molecule has 2 rings (SSSR count). The highest BCUT2D eigenvalue weighted by Crippen LogP contribution is 2.21. The molecule has 7 nitrogen and oxygen atoms in total. The Bertz CT molecular complexity index is 966. The summed E-state index contributed by atoms with van der Waals surface area (Å²) in [4.78, 5) is 24.0. The summed E-state index contributed by atoms with van der Waals surface area (Å²) in [6.07, 6.45) is 0.154. The molecule has 0 aromatic heterocycles. The molecule has 0 unspecified atom stereocenters. The number of benzene rings is 2. The molecule has 0 aliphatic carbocycles. The van der Waals surface area contributed by atoms with Gasteiger partial charge in [-0.1, -0.05) is 48.0 Å². The van der Waals surface area contributed by atoms with Gasteiger partial charge in [0, 0.05) is 32.5 Å². The fraction of sp³-hybridized carbons (Fsp3) is 0.364. The van der Waals surface area contributed by atoms with E-state index in [9.17, 15) is 18.0 Å². The van der Waals surface area contributed by atoms with Crippen LogP contribution in [0.3, 0.4) is 0 Å². The Kier molecular flexibility index (Phi) is 8.56. The van der Waals surface area contributed by atoms with Crippen LogP contribution in [0.4, 0.5) is 0 Å². The molecule has 2 aromatic rings. The van der Waals surface area contributed by atoms with Crippen LogP contribution in [-0.2, 0) is 26.2 Å². The molecular weight excluding hydrogens is 402 g/mol. The minimum atomic E-state index is -3.70. The average Bonchev–Trinajstić information content (AvgIpc) is 2.66. The molecular formula is C22H29N3O4S. The normalized spacial score (nSPS) is 11.2. The summed E-state index contributed by atoms with van der Waals surface area (Å²) in [6.45, 7) is 6.04. The van der Waals surface area contributed by atoms with Gasteiger partial charge in [-0.25, -0.2) is 13.1 Å². The molecule has 0 atom stereocenters. The van der Waals surface area contributed by atoms with Crippen molar-refractivity contribution < 1.29 is 18.0 Å².